The van der Waals surface area contributed by atoms with Gasteiger partial charge in [0.05, 0.1) is 0 Å². The normalized spacial score (nSPS) is 21.9. The summed E-state index contributed by atoms with van der Waals surface area (Å²) in [5, 5.41) is 3.43. The summed E-state index contributed by atoms with van der Waals surface area (Å²) < 4.78 is 0. The van der Waals surface area contributed by atoms with Crippen LogP contribution in [0.4, 0.5) is 5.82 Å². The number of anilines is 1. The van der Waals surface area contributed by atoms with Gasteiger partial charge in [-0.25, -0.2) is 4.98 Å². The van der Waals surface area contributed by atoms with E-state index in [1.165, 1.54) is 30.6 Å². The number of rotatable bonds is 2. The highest BCUT2D eigenvalue weighted by Crippen LogP contribution is 2.40. The fraction of sp³-hybridized carbons (Fsp3) is 0.615. The van der Waals surface area contributed by atoms with E-state index in [0.29, 0.717) is 0 Å². The van der Waals surface area contributed by atoms with Crippen LogP contribution in [0.1, 0.15) is 30.7 Å². The molecular weight excluding hydrogens is 198 g/mol. The maximum atomic E-state index is 4.51. The van der Waals surface area contributed by atoms with E-state index in [9.17, 15) is 0 Å². The summed E-state index contributed by atoms with van der Waals surface area (Å²) in [6.07, 6.45) is 5.92. The van der Waals surface area contributed by atoms with Crippen molar-refractivity contribution in [2.24, 2.45) is 0 Å². The van der Waals surface area contributed by atoms with E-state index in [-0.39, 0.29) is 0 Å². The van der Waals surface area contributed by atoms with Crippen molar-refractivity contribution in [3.05, 3.63) is 23.9 Å². The molecule has 1 aromatic heterocycles. The molecule has 0 atom stereocenters. The van der Waals surface area contributed by atoms with Crippen molar-refractivity contribution in [2.45, 2.75) is 25.2 Å². The summed E-state index contributed by atoms with van der Waals surface area (Å²) >= 11 is 0. The molecule has 0 aromatic carbocycles. The van der Waals surface area contributed by atoms with Crippen molar-refractivity contribution in [3.63, 3.8) is 0 Å². The zero-order valence-electron chi connectivity index (χ0n) is 9.65. The van der Waals surface area contributed by atoms with Gasteiger partial charge in [-0.15, -0.1) is 0 Å². The highest BCUT2D eigenvalue weighted by Gasteiger charge is 2.24. The number of nitrogens with one attached hydrogen (secondary N) is 1. The number of pyridine rings is 1. The van der Waals surface area contributed by atoms with Gasteiger partial charge < -0.3 is 10.2 Å². The Morgan fingerprint density at radius 2 is 2.19 bits per heavy atom. The topological polar surface area (TPSA) is 28.2 Å². The van der Waals surface area contributed by atoms with E-state index < -0.39 is 0 Å². The third-order valence-electron chi connectivity index (χ3n) is 3.48. The first-order chi connectivity index (χ1) is 7.93. The molecule has 2 heterocycles. The molecule has 1 aromatic rings. The lowest BCUT2D eigenvalue weighted by molar-refractivity contribution is 0.724. The molecule has 1 N–H and O–H groups in total. The second-order valence-electron chi connectivity index (χ2n) is 4.81. The van der Waals surface area contributed by atoms with Gasteiger partial charge in [-0.05, 0) is 49.4 Å². The summed E-state index contributed by atoms with van der Waals surface area (Å²) in [6.45, 7) is 4.43. The van der Waals surface area contributed by atoms with Crippen LogP contribution in [0.5, 0.6) is 0 Å². The van der Waals surface area contributed by atoms with Crippen LogP contribution in [0.3, 0.4) is 0 Å². The first-order valence-electron chi connectivity index (χ1n) is 6.35. The molecule has 1 aliphatic heterocycles. The molecular formula is C13H19N3. The zero-order valence-corrected chi connectivity index (χ0v) is 9.65. The van der Waals surface area contributed by atoms with Crippen molar-refractivity contribution in [3.8, 4) is 0 Å². The highest BCUT2D eigenvalue weighted by atomic mass is 15.2. The van der Waals surface area contributed by atoms with Crippen LogP contribution in [0.15, 0.2) is 18.3 Å². The average Bonchev–Trinajstić information content (AvgIpc) is 3.17. The standard InChI is InChI=1S/C13H19N3/c1-5-14-7-9-16(8-1)13-10-12(4-6-15-13)11-2-3-11/h4,6,10-11,14H,1-3,5,7-9H2. The smallest absolute Gasteiger partial charge is 0.128 e. The van der Waals surface area contributed by atoms with Crippen LogP contribution in [-0.4, -0.2) is 31.2 Å². The molecule has 16 heavy (non-hydrogen) atoms. The van der Waals surface area contributed by atoms with E-state index in [2.05, 4.69) is 27.3 Å². The summed E-state index contributed by atoms with van der Waals surface area (Å²) in [7, 11) is 0. The summed E-state index contributed by atoms with van der Waals surface area (Å²) in [6, 6.07) is 4.47. The van der Waals surface area contributed by atoms with Crippen LogP contribution < -0.4 is 10.2 Å². The maximum Gasteiger partial charge on any atom is 0.128 e. The Bertz CT molecular complexity index is 352. The fourth-order valence-electron chi connectivity index (χ4n) is 2.35. The van der Waals surface area contributed by atoms with E-state index in [1.54, 1.807) is 0 Å². The van der Waals surface area contributed by atoms with Crippen molar-refractivity contribution >= 4 is 5.82 Å². The lowest BCUT2D eigenvalue weighted by atomic mass is 10.1. The predicted octanol–water partition coefficient (Wildman–Crippen LogP) is 1.76. The molecule has 1 saturated heterocycles. The van der Waals surface area contributed by atoms with Crippen LogP contribution in [0.25, 0.3) is 0 Å². The third-order valence-corrected chi connectivity index (χ3v) is 3.48. The Balaban J connectivity index is 1.78. The van der Waals surface area contributed by atoms with Gasteiger partial charge in [-0.3, -0.25) is 0 Å². The van der Waals surface area contributed by atoms with E-state index in [4.69, 9.17) is 0 Å². The summed E-state index contributed by atoms with van der Waals surface area (Å²) in [5.41, 5.74) is 1.49. The molecule has 0 unspecified atom stereocenters. The van der Waals surface area contributed by atoms with Gasteiger partial charge in [0.1, 0.15) is 5.82 Å². The Morgan fingerprint density at radius 1 is 1.25 bits per heavy atom. The minimum Gasteiger partial charge on any atom is -0.355 e. The van der Waals surface area contributed by atoms with Crippen molar-refractivity contribution in [1.29, 1.82) is 0 Å². The molecule has 0 bridgehead atoms. The molecule has 3 rings (SSSR count). The Morgan fingerprint density at radius 3 is 3.06 bits per heavy atom. The number of nitrogens with zero attached hydrogens (tertiary/aromatic N) is 2. The highest BCUT2D eigenvalue weighted by molar-refractivity contribution is 5.43. The zero-order chi connectivity index (χ0) is 10.8. The SMILES string of the molecule is c1cc(C2CC2)cc(N2CCCNCC2)n1. The van der Waals surface area contributed by atoms with Gasteiger partial charge in [-0.1, -0.05) is 0 Å². The number of hydrogen-bond donors (Lipinski definition) is 1. The van der Waals surface area contributed by atoms with Crippen molar-refractivity contribution < 1.29 is 0 Å². The van der Waals surface area contributed by atoms with Gasteiger partial charge in [0.15, 0.2) is 0 Å². The summed E-state index contributed by atoms with van der Waals surface area (Å²) in [5.74, 6) is 2.00. The largest absolute Gasteiger partial charge is 0.355 e. The molecule has 3 nitrogen and oxygen atoms in total. The van der Waals surface area contributed by atoms with Gasteiger partial charge in [0.25, 0.3) is 0 Å². The third kappa shape index (κ3) is 2.19. The second kappa shape index (κ2) is 4.42. The van der Waals surface area contributed by atoms with Crippen LogP contribution in [-0.2, 0) is 0 Å². The van der Waals surface area contributed by atoms with Crippen LogP contribution in [0.2, 0.25) is 0 Å². The summed E-state index contributed by atoms with van der Waals surface area (Å²) in [4.78, 5) is 6.92. The van der Waals surface area contributed by atoms with Gasteiger partial charge in [0, 0.05) is 25.8 Å². The molecule has 1 saturated carbocycles. The van der Waals surface area contributed by atoms with E-state index in [1.807, 2.05) is 6.20 Å². The van der Waals surface area contributed by atoms with Crippen molar-refractivity contribution in [2.75, 3.05) is 31.1 Å². The number of hydrogen-bond acceptors (Lipinski definition) is 3. The first kappa shape index (κ1) is 10.1. The molecule has 86 valence electrons. The van der Waals surface area contributed by atoms with Crippen molar-refractivity contribution in [1.82, 2.24) is 10.3 Å². The lowest BCUT2D eigenvalue weighted by Gasteiger charge is -2.21. The minimum absolute atomic E-state index is 0.826. The fourth-order valence-corrected chi connectivity index (χ4v) is 2.35. The molecule has 2 aliphatic rings. The quantitative estimate of drug-likeness (QED) is 0.818. The monoisotopic (exact) mass is 217 g/mol. The molecule has 0 radical (unpaired) electrons. The van der Waals surface area contributed by atoms with Gasteiger partial charge >= 0.3 is 0 Å². The van der Waals surface area contributed by atoms with Gasteiger partial charge in [0.2, 0.25) is 0 Å². The second-order valence-corrected chi connectivity index (χ2v) is 4.81. The predicted molar refractivity (Wildman–Crippen MR) is 65.9 cm³/mol. The Hall–Kier alpha value is -1.09. The van der Waals surface area contributed by atoms with Crippen LogP contribution in [0, 0.1) is 0 Å². The lowest BCUT2D eigenvalue weighted by Crippen LogP contribution is -2.28. The first-order valence-corrected chi connectivity index (χ1v) is 6.35. The molecule has 0 spiro atoms. The number of aromatic nitrogens is 1. The van der Waals surface area contributed by atoms with E-state index in [0.717, 1.165) is 32.1 Å². The molecule has 1 aliphatic carbocycles. The maximum absolute atomic E-state index is 4.51. The molecule has 3 heteroatoms. The van der Waals surface area contributed by atoms with Crippen LogP contribution >= 0.6 is 0 Å². The van der Waals surface area contributed by atoms with E-state index >= 15 is 0 Å². The average molecular weight is 217 g/mol. The Labute approximate surface area is 96.9 Å². The molecule has 0 amide bonds. The Kier molecular flexibility index (Phi) is 2.79. The minimum atomic E-state index is 0.826. The molecule has 2 fully saturated rings. The van der Waals surface area contributed by atoms with Gasteiger partial charge in [-0.2, -0.15) is 0 Å².